The minimum Gasteiger partial charge on any atom is -0.375 e. The van der Waals surface area contributed by atoms with Crippen molar-refractivity contribution in [3.05, 3.63) is 35.0 Å². The Kier molecular flexibility index (Phi) is 6.00. The molecule has 0 N–H and O–H groups in total. The molecule has 7 nitrogen and oxygen atoms in total. The number of ether oxygens (including phenoxy) is 1. The standard InChI is InChI=1S/C21H29N5O2/c1-25-20(27)13-19(18-8-9-22-15-23-18)24-21(25)26-10-11-28-17(14-26)12-16-6-4-2-3-5-7-16/h8-9,13,15-17H,2-7,10-12,14H2,1H3. The van der Waals surface area contributed by atoms with Crippen LogP contribution in [0.5, 0.6) is 0 Å². The van der Waals surface area contributed by atoms with Crippen molar-refractivity contribution in [1.82, 2.24) is 19.5 Å². The van der Waals surface area contributed by atoms with Crippen molar-refractivity contribution in [1.29, 1.82) is 0 Å². The third-order valence-electron chi connectivity index (χ3n) is 5.95. The average molecular weight is 383 g/mol. The number of rotatable bonds is 4. The monoisotopic (exact) mass is 383 g/mol. The van der Waals surface area contributed by atoms with E-state index in [0.717, 1.165) is 25.4 Å². The maximum atomic E-state index is 12.5. The molecule has 1 unspecified atom stereocenters. The van der Waals surface area contributed by atoms with Crippen LogP contribution in [0.3, 0.4) is 0 Å². The molecular formula is C21H29N5O2. The van der Waals surface area contributed by atoms with Crippen LogP contribution >= 0.6 is 0 Å². The van der Waals surface area contributed by atoms with Crippen LogP contribution in [0, 0.1) is 5.92 Å². The fourth-order valence-corrected chi connectivity index (χ4v) is 4.40. The zero-order valence-electron chi connectivity index (χ0n) is 16.6. The molecule has 2 aliphatic rings. The lowest BCUT2D eigenvalue weighted by atomic mass is 9.93. The summed E-state index contributed by atoms with van der Waals surface area (Å²) in [6.07, 6.45) is 12.5. The van der Waals surface area contributed by atoms with Crippen molar-refractivity contribution < 1.29 is 4.74 Å². The van der Waals surface area contributed by atoms with E-state index in [-0.39, 0.29) is 11.7 Å². The van der Waals surface area contributed by atoms with Crippen molar-refractivity contribution in [2.75, 3.05) is 24.6 Å². The Morgan fingerprint density at radius 2 is 2.00 bits per heavy atom. The van der Waals surface area contributed by atoms with Gasteiger partial charge in [-0.2, -0.15) is 0 Å². The first kappa shape index (κ1) is 19.1. The second-order valence-corrected chi connectivity index (χ2v) is 7.97. The fourth-order valence-electron chi connectivity index (χ4n) is 4.40. The Labute approximate surface area is 165 Å². The molecule has 0 amide bonds. The molecule has 1 atom stereocenters. The van der Waals surface area contributed by atoms with Crippen molar-refractivity contribution in [2.24, 2.45) is 13.0 Å². The summed E-state index contributed by atoms with van der Waals surface area (Å²) >= 11 is 0. The highest BCUT2D eigenvalue weighted by atomic mass is 16.5. The highest BCUT2D eigenvalue weighted by Gasteiger charge is 2.26. The van der Waals surface area contributed by atoms with Crippen LogP contribution in [0.25, 0.3) is 11.4 Å². The Balaban J connectivity index is 1.53. The molecule has 2 aromatic rings. The van der Waals surface area contributed by atoms with Gasteiger partial charge in [-0.25, -0.2) is 15.0 Å². The molecule has 0 bridgehead atoms. The minimum atomic E-state index is -0.0783. The molecule has 2 fully saturated rings. The van der Waals surface area contributed by atoms with Crippen molar-refractivity contribution in [3.8, 4) is 11.4 Å². The third-order valence-corrected chi connectivity index (χ3v) is 5.95. The smallest absolute Gasteiger partial charge is 0.255 e. The van der Waals surface area contributed by atoms with E-state index in [1.165, 1.54) is 50.9 Å². The van der Waals surface area contributed by atoms with E-state index in [9.17, 15) is 4.79 Å². The highest BCUT2D eigenvalue weighted by molar-refractivity contribution is 5.55. The van der Waals surface area contributed by atoms with E-state index < -0.39 is 0 Å². The predicted octanol–water partition coefficient (Wildman–Crippen LogP) is 2.80. The Morgan fingerprint density at radius 1 is 1.18 bits per heavy atom. The second kappa shape index (κ2) is 8.82. The molecule has 0 aromatic carbocycles. The normalized spacial score (nSPS) is 21.5. The molecule has 1 saturated carbocycles. The van der Waals surface area contributed by atoms with E-state index in [0.29, 0.717) is 23.9 Å². The summed E-state index contributed by atoms with van der Waals surface area (Å²) < 4.78 is 7.70. The first-order valence-electron chi connectivity index (χ1n) is 10.4. The second-order valence-electron chi connectivity index (χ2n) is 7.97. The van der Waals surface area contributed by atoms with E-state index in [1.807, 2.05) is 0 Å². The molecule has 4 rings (SSSR count). The summed E-state index contributed by atoms with van der Waals surface area (Å²) in [4.78, 5) is 27.7. The Bertz CT molecular complexity index is 830. The zero-order valence-corrected chi connectivity index (χ0v) is 16.6. The number of hydrogen-bond acceptors (Lipinski definition) is 6. The molecule has 1 aliphatic heterocycles. The Morgan fingerprint density at radius 3 is 2.75 bits per heavy atom. The van der Waals surface area contributed by atoms with E-state index in [1.54, 1.807) is 23.9 Å². The maximum Gasteiger partial charge on any atom is 0.255 e. The van der Waals surface area contributed by atoms with Crippen LogP contribution in [-0.2, 0) is 11.8 Å². The van der Waals surface area contributed by atoms with Gasteiger partial charge in [-0.3, -0.25) is 9.36 Å². The summed E-state index contributed by atoms with van der Waals surface area (Å²) in [5, 5.41) is 0. The van der Waals surface area contributed by atoms with Crippen molar-refractivity contribution >= 4 is 5.95 Å². The molecule has 1 saturated heterocycles. The van der Waals surface area contributed by atoms with Crippen LogP contribution < -0.4 is 10.5 Å². The maximum absolute atomic E-state index is 12.5. The molecule has 3 heterocycles. The highest BCUT2D eigenvalue weighted by Crippen LogP contribution is 2.29. The summed E-state index contributed by atoms with van der Waals surface area (Å²) in [6, 6.07) is 3.31. The topological polar surface area (TPSA) is 73.1 Å². The van der Waals surface area contributed by atoms with E-state index in [2.05, 4.69) is 14.9 Å². The summed E-state index contributed by atoms with van der Waals surface area (Å²) in [5.74, 6) is 1.45. The van der Waals surface area contributed by atoms with Crippen LogP contribution in [0.2, 0.25) is 0 Å². The molecule has 150 valence electrons. The van der Waals surface area contributed by atoms with Gasteiger partial charge in [0.25, 0.3) is 5.56 Å². The first-order chi connectivity index (χ1) is 13.7. The van der Waals surface area contributed by atoms with Gasteiger partial charge < -0.3 is 9.64 Å². The van der Waals surface area contributed by atoms with Crippen molar-refractivity contribution in [3.63, 3.8) is 0 Å². The van der Waals surface area contributed by atoms with Gasteiger partial charge in [0.1, 0.15) is 6.33 Å². The minimum absolute atomic E-state index is 0.0783. The number of hydrogen-bond donors (Lipinski definition) is 0. The van der Waals surface area contributed by atoms with Gasteiger partial charge >= 0.3 is 0 Å². The van der Waals surface area contributed by atoms with Gasteiger partial charge in [0.05, 0.1) is 24.1 Å². The van der Waals surface area contributed by atoms with Gasteiger partial charge in [-0.15, -0.1) is 0 Å². The third kappa shape index (κ3) is 4.41. The van der Waals surface area contributed by atoms with Gasteiger partial charge in [-0.1, -0.05) is 38.5 Å². The zero-order chi connectivity index (χ0) is 19.3. The van der Waals surface area contributed by atoms with Crippen LogP contribution in [0.15, 0.2) is 29.5 Å². The number of morpholine rings is 1. The number of anilines is 1. The first-order valence-corrected chi connectivity index (χ1v) is 10.4. The number of aromatic nitrogens is 4. The predicted molar refractivity (Wildman–Crippen MR) is 108 cm³/mol. The lowest BCUT2D eigenvalue weighted by Crippen LogP contribution is -2.45. The largest absolute Gasteiger partial charge is 0.375 e. The van der Waals surface area contributed by atoms with Gasteiger partial charge in [0.15, 0.2) is 0 Å². The van der Waals surface area contributed by atoms with Crippen LogP contribution in [0.1, 0.15) is 44.9 Å². The SMILES string of the molecule is Cn1c(N2CCOC(CC3CCCCCC3)C2)nc(-c2ccncn2)cc1=O. The lowest BCUT2D eigenvalue weighted by molar-refractivity contribution is 0.0223. The van der Waals surface area contributed by atoms with E-state index >= 15 is 0 Å². The van der Waals surface area contributed by atoms with Gasteiger partial charge in [-0.05, 0) is 18.4 Å². The molecule has 0 radical (unpaired) electrons. The summed E-state index contributed by atoms with van der Waals surface area (Å²) in [7, 11) is 1.78. The summed E-state index contributed by atoms with van der Waals surface area (Å²) in [5.41, 5.74) is 1.18. The fraction of sp³-hybridized carbons (Fsp3) is 0.619. The van der Waals surface area contributed by atoms with Gasteiger partial charge in [0.2, 0.25) is 5.95 Å². The average Bonchev–Trinajstić information content (AvgIpc) is 2.99. The number of nitrogens with zero attached hydrogens (tertiary/aromatic N) is 5. The molecule has 7 heteroatoms. The molecule has 2 aromatic heterocycles. The molecule has 1 aliphatic carbocycles. The van der Waals surface area contributed by atoms with Gasteiger partial charge in [0, 0.05) is 32.4 Å². The van der Waals surface area contributed by atoms with E-state index in [4.69, 9.17) is 9.72 Å². The quantitative estimate of drug-likeness (QED) is 0.756. The molecular weight excluding hydrogens is 354 g/mol. The van der Waals surface area contributed by atoms with Crippen LogP contribution in [-0.4, -0.2) is 45.3 Å². The summed E-state index contributed by atoms with van der Waals surface area (Å²) in [6.45, 7) is 2.20. The van der Waals surface area contributed by atoms with Crippen molar-refractivity contribution in [2.45, 2.75) is 51.0 Å². The van der Waals surface area contributed by atoms with Crippen LogP contribution in [0.4, 0.5) is 5.95 Å². The lowest BCUT2D eigenvalue weighted by Gasteiger charge is -2.35. The molecule has 28 heavy (non-hydrogen) atoms. The Hall–Kier alpha value is -2.28. The molecule has 0 spiro atoms.